The first-order valence-corrected chi connectivity index (χ1v) is 11.5. The molecule has 0 aromatic heterocycles. The summed E-state index contributed by atoms with van der Waals surface area (Å²) in [5, 5.41) is 1.83. The number of esters is 1. The van der Waals surface area contributed by atoms with E-state index in [-0.39, 0.29) is 0 Å². The fourth-order valence-corrected chi connectivity index (χ4v) is 3.18. The number of imide groups is 1. The van der Waals surface area contributed by atoms with Gasteiger partial charge in [-0.3, -0.25) is 10.1 Å². The van der Waals surface area contributed by atoms with E-state index in [1.807, 2.05) is 5.32 Å². The second kappa shape index (κ2) is 20.9. The Balaban J connectivity index is 3.27. The molecule has 0 saturated carbocycles. The van der Waals surface area contributed by atoms with Crippen molar-refractivity contribution < 1.29 is 19.1 Å². The van der Waals surface area contributed by atoms with Crippen LogP contribution in [0.25, 0.3) is 0 Å². The normalized spacial score (nSPS) is 10.9. The molecule has 0 radical (unpaired) electrons. The molecule has 0 bridgehead atoms. The highest BCUT2D eigenvalue weighted by atomic mass is 16.5. The molecule has 0 saturated heterocycles. The third-order valence-electron chi connectivity index (χ3n) is 4.86. The lowest BCUT2D eigenvalue weighted by molar-refractivity contribution is -0.138. The maximum Gasteiger partial charge on any atom is 0.330 e. The number of primary amides is 1. The largest absolute Gasteiger partial charge is 0.463 e. The summed E-state index contributed by atoms with van der Waals surface area (Å²) < 4.78 is 4.99. The summed E-state index contributed by atoms with van der Waals surface area (Å²) >= 11 is 0. The third kappa shape index (κ3) is 22.3. The smallest absolute Gasteiger partial charge is 0.330 e. The van der Waals surface area contributed by atoms with Gasteiger partial charge in [0.15, 0.2) is 0 Å². The third-order valence-corrected chi connectivity index (χ3v) is 4.86. The van der Waals surface area contributed by atoms with E-state index >= 15 is 0 Å². The standard InChI is InChI=1S/C23H42N2O4/c1-2-3-4-5-6-7-8-9-10-11-12-13-14-15-16-17-20-29-22(27)19-18-21(26)25-23(24)28/h18-19H,2-17,20H2,1H3,(H3,24,25,26,28). The lowest BCUT2D eigenvalue weighted by atomic mass is 10.0. The van der Waals surface area contributed by atoms with Crippen LogP contribution < -0.4 is 11.1 Å². The van der Waals surface area contributed by atoms with Gasteiger partial charge in [-0.1, -0.05) is 103 Å². The Morgan fingerprint density at radius 3 is 1.52 bits per heavy atom. The lowest BCUT2D eigenvalue weighted by Gasteiger charge is -2.04. The predicted octanol–water partition coefficient (Wildman–Crippen LogP) is 5.54. The van der Waals surface area contributed by atoms with Crippen LogP contribution in [-0.2, 0) is 14.3 Å². The Labute approximate surface area is 177 Å². The summed E-state index contributed by atoms with van der Waals surface area (Å²) in [6, 6.07) is -0.957. The van der Waals surface area contributed by atoms with E-state index in [1.54, 1.807) is 0 Å². The molecule has 0 fully saturated rings. The van der Waals surface area contributed by atoms with Gasteiger partial charge in [0.25, 0.3) is 5.91 Å². The summed E-state index contributed by atoms with van der Waals surface area (Å²) in [6.07, 6.45) is 22.7. The van der Waals surface area contributed by atoms with Crippen LogP contribution in [-0.4, -0.2) is 24.5 Å². The van der Waals surface area contributed by atoms with Crippen molar-refractivity contribution in [2.45, 2.75) is 110 Å². The first-order chi connectivity index (χ1) is 14.1. The van der Waals surface area contributed by atoms with Crippen molar-refractivity contribution in [1.29, 1.82) is 0 Å². The first-order valence-electron chi connectivity index (χ1n) is 11.5. The predicted molar refractivity (Wildman–Crippen MR) is 117 cm³/mol. The molecule has 29 heavy (non-hydrogen) atoms. The molecule has 0 rings (SSSR count). The average molecular weight is 411 g/mol. The topological polar surface area (TPSA) is 98.5 Å². The van der Waals surface area contributed by atoms with Crippen LogP contribution in [0.5, 0.6) is 0 Å². The molecule has 3 amide bonds. The van der Waals surface area contributed by atoms with Gasteiger partial charge in [-0.05, 0) is 6.42 Å². The quantitative estimate of drug-likeness (QED) is 0.166. The van der Waals surface area contributed by atoms with Gasteiger partial charge in [0.05, 0.1) is 6.61 Å². The van der Waals surface area contributed by atoms with E-state index < -0.39 is 17.9 Å². The maximum absolute atomic E-state index is 11.4. The number of ether oxygens (including phenoxy) is 1. The molecule has 0 aromatic rings. The van der Waals surface area contributed by atoms with Crippen LogP contribution in [0.2, 0.25) is 0 Å². The number of rotatable bonds is 19. The Hall–Kier alpha value is -1.85. The van der Waals surface area contributed by atoms with Gasteiger partial charge in [-0.2, -0.15) is 0 Å². The fourth-order valence-electron chi connectivity index (χ4n) is 3.18. The molecule has 0 aliphatic carbocycles. The molecule has 6 heteroatoms. The minimum Gasteiger partial charge on any atom is -0.463 e. The van der Waals surface area contributed by atoms with Crippen LogP contribution in [0, 0.1) is 0 Å². The van der Waals surface area contributed by atoms with Crippen LogP contribution in [0.1, 0.15) is 110 Å². The number of amides is 3. The van der Waals surface area contributed by atoms with E-state index in [0.717, 1.165) is 31.4 Å². The van der Waals surface area contributed by atoms with Crippen molar-refractivity contribution in [2.75, 3.05) is 6.61 Å². The molecular formula is C23H42N2O4. The molecule has 168 valence electrons. The van der Waals surface area contributed by atoms with E-state index in [1.165, 1.54) is 83.5 Å². The molecular weight excluding hydrogens is 368 g/mol. The SMILES string of the molecule is CCCCCCCCCCCCCCCCCCOC(=O)C=CC(=O)NC(N)=O. The Morgan fingerprint density at radius 2 is 1.10 bits per heavy atom. The number of hydrogen-bond acceptors (Lipinski definition) is 4. The van der Waals surface area contributed by atoms with Crippen molar-refractivity contribution in [3.63, 3.8) is 0 Å². The van der Waals surface area contributed by atoms with Crippen molar-refractivity contribution in [3.8, 4) is 0 Å². The first kappa shape index (κ1) is 27.1. The van der Waals surface area contributed by atoms with Crippen LogP contribution >= 0.6 is 0 Å². The molecule has 0 aliphatic heterocycles. The highest BCUT2D eigenvalue weighted by molar-refractivity contribution is 6.02. The lowest BCUT2D eigenvalue weighted by Crippen LogP contribution is -2.33. The molecule has 0 aliphatic rings. The number of carbonyl (C=O) groups excluding carboxylic acids is 3. The highest BCUT2D eigenvalue weighted by Crippen LogP contribution is 2.13. The van der Waals surface area contributed by atoms with E-state index in [4.69, 9.17) is 10.5 Å². The van der Waals surface area contributed by atoms with Crippen LogP contribution in [0.3, 0.4) is 0 Å². The van der Waals surface area contributed by atoms with Gasteiger partial charge >= 0.3 is 12.0 Å². The van der Waals surface area contributed by atoms with Crippen LogP contribution in [0.15, 0.2) is 12.2 Å². The minimum absolute atomic E-state index is 0.346. The Morgan fingerprint density at radius 1 is 0.690 bits per heavy atom. The molecule has 0 spiro atoms. The van der Waals surface area contributed by atoms with E-state index in [9.17, 15) is 14.4 Å². The summed E-state index contributed by atoms with van der Waals surface area (Å²) in [7, 11) is 0. The molecule has 3 N–H and O–H groups in total. The summed E-state index contributed by atoms with van der Waals surface area (Å²) in [6.45, 7) is 2.61. The second-order valence-electron chi connectivity index (χ2n) is 7.66. The zero-order valence-electron chi connectivity index (χ0n) is 18.4. The Bertz CT molecular complexity index is 464. The molecule has 6 nitrogen and oxygen atoms in total. The average Bonchev–Trinajstić information content (AvgIpc) is 2.68. The molecule has 0 heterocycles. The van der Waals surface area contributed by atoms with E-state index in [0.29, 0.717) is 6.61 Å². The van der Waals surface area contributed by atoms with Gasteiger partial charge in [0.1, 0.15) is 0 Å². The van der Waals surface area contributed by atoms with Gasteiger partial charge in [-0.15, -0.1) is 0 Å². The minimum atomic E-state index is -0.957. The number of unbranched alkanes of at least 4 members (excludes halogenated alkanes) is 15. The van der Waals surface area contributed by atoms with Crippen LogP contribution in [0.4, 0.5) is 4.79 Å². The summed E-state index contributed by atoms with van der Waals surface area (Å²) in [5.41, 5.74) is 4.79. The molecule has 0 unspecified atom stereocenters. The molecule has 0 aromatic carbocycles. The summed E-state index contributed by atoms with van der Waals surface area (Å²) in [4.78, 5) is 32.9. The fraction of sp³-hybridized carbons (Fsp3) is 0.783. The number of hydrogen-bond donors (Lipinski definition) is 2. The van der Waals surface area contributed by atoms with Gasteiger partial charge < -0.3 is 10.5 Å². The van der Waals surface area contributed by atoms with E-state index in [2.05, 4.69) is 6.92 Å². The highest BCUT2D eigenvalue weighted by Gasteiger charge is 2.02. The number of urea groups is 1. The monoisotopic (exact) mass is 410 g/mol. The number of nitrogens with one attached hydrogen (secondary N) is 1. The van der Waals surface area contributed by atoms with Crippen molar-refractivity contribution in [2.24, 2.45) is 5.73 Å². The molecule has 0 atom stereocenters. The van der Waals surface area contributed by atoms with Gasteiger partial charge in [-0.25, -0.2) is 9.59 Å². The Kier molecular flexibility index (Phi) is 19.5. The number of nitrogens with two attached hydrogens (primary N) is 1. The second-order valence-corrected chi connectivity index (χ2v) is 7.66. The summed E-state index contributed by atoms with van der Waals surface area (Å²) in [5.74, 6) is -1.33. The maximum atomic E-state index is 11.4. The number of carbonyl (C=O) groups is 3. The van der Waals surface area contributed by atoms with Gasteiger partial charge in [0.2, 0.25) is 0 Å². The van der Waals surface area contributed by atoms with Crippen molar-refractivity contribution >= 4 is 17.9 Å². The van der Waals surface area contributed by atoms with Gasteiger partial charge in [0, 0.05) is 12.2 Å². The van der Waals surface area contributed by atoms with Crippen molar-refractivity contribution in [1.82, 2.24) is 5.32 Å². The zero-order chi connectivity index (χ0) is 21.6. The van der Waals surface area contributed by atoms with Crippen molar-refractivity contribution in [3.05, 3.63) is 12.2 Å². The zero-order valence-corrected chi connectivity index (χ0v) is 18.4.